The second-order valence-corrected chi connectivity index (χ2v) is 9.76. The lowest BCUT2D eigenvalue weighted by molar-refractivity contribution is -0.253. The van der Waals surface area contributed by atoms with Crippen molar-refractivity contribution in [2.75, 3.05) is 12.1 Å². The number of aliphatic hydroxyl groups is 1. The van der Waals surface area contributed by atoms with Gasteiger partial charge in [-0.15, -0.1) is 0 Å². The van der Waals surface area contributed by atoms with Crippen molar-refractivity contribution in [3.05, 3.63) is 88.4 Å². The van der Waals surface area contributed by atoms with Crippen LogP contribution in [-0.2, 0) is 24.8 Å². The number of amides is 1. The van der Waals surface area contributed by atoms with Crippen LogP contribution in [0.1, 0.15) is 27.6 Å². The summed E-state index contributed by atoms with van der Waals surface area (Å²) in [6, 6.07) is 17.8. The minimum absolute atomic E-state index is 0.0690. The van der Waals surface area contributed by atoms with Crippen LogP contribution in [0.25, 0.3) is 0 Å². The first-order valence-electron chi connectivity index (χ1n) is 11.6. The summed E-state index contributed by atoms with van der Waals surface area (Å²) in [5.74, 6) is -6.10. The number of fused-ring (bicyclic) bond motifs is 3. The first-order chi connectivity index (χ1) is 17.8. The number of anilines is 1. The van der Waals surface area contributed by atoms with Gasteiger partial charge in [0.25, 0.3) is 5.79 Å². The lowest BCUT2D eigenvalue weighted by atomic mass is 9.75. The summed E-state index contributed by atoms with van der Waals surface area (Å²) in [5, 5.41) is 15.0. The van der Waals surface area contributed by atoms with Crippen molar-refractivity contribution in [3.63, 3.8) is 0 Å². The molecule has 2 unspecified atom stereocenters. The van der Waals surface area contributed by atoms with Gasteiger partial charge in [0, 0.05) is 27.9 Å². The SMILES string of the molecule is O=C(Nc1ccc2c(c1)OCO2)[C@H]1[C@@H](c2ccc(Cl)cc2)OC23C(=O)c4ccccc4C2(O)OC(=O)[C@@H]13. The summed E-state index contributed by atoms with van der Waals surface area (Å²) in [4.78, 5) is 41.0. The number of esters is 1. The number of carbonyl (C=O) groups is 3. The molecule has 2 fully saturated rings. The molecule has 4 aliphatic rings. The maximum Gasteiger partial charge on any atom is 0.316 e. The van der Waals surface area contributed by atoms with Gasteiger partial charge in [0.2, 0.25) is 24.1 Å². The number of benzene rings is 3. The molecule has 3 aliphatic heterocycles. The van der Waals surface area contributed by atoms with Gasteiger partial charge in [-0.2, -0.15) is 0 Å². The molecule has 9 nitrogen and oxygen atoms in total. The van der Waals surface area contributed by atoms with Gasteiger partial charge >= 0.3 is 5.97 Å². The largest absolute Gasteiger partial charge is 0.454 e. The quantitative estimate of drug-likeness (QED) is 0.505. The number of ketones is 1. The van der Waals surface area contributed by atoms with Crippen LogP contribution in [0.15, 0.2) is 66.7 Å². The average molecular weight is 520 g/mol. The second-order valence-electron chi connectivity index (χ2n) is 9.33. The third-order valence-electron chi connectivity index (χ3n) is 7.46. The highest BCUT2D eigenvalue weighted by atomic mass is 35.5. The fraction of sp³-hybridized carbons (Fsp3) is 0.222. The third-order valence-corrected chi connectivity index (χ3v) is 7.71. The van der Waals surface area contributed by atoms with Crippen molar-refractivity contribution >= 4 is 34.9 Å². The van der Waals surface area contributed by atoms with E-state index in [4.69, 9.17) is 30.5 Å². The molecule has 5 atom stereocenters. The molecule has 0 bridgehead atoms. The van der Waals surface area contributed by atoms with E-state index in [1.165, 1.54) is 12.1 Å². The molecule has 10 heteroatoms. The average Bonchev–Trinajstić information content (AvgIpc) is 3.60. The Balaban J connectivity index is 1.35. The van der Waals surface area contributed by atoms with E-state index in [9.17, 15) is 19.5 Å². The molecule has 7 rings (SSSR count). The molecular formula is C27H18ClNO8. The zero-order valence-electron chi connectivity index (χ0n) is 19.0. The summed E-state index contributed by atoms with van der Waals surface area (Å²) < 4.78 is 22.5. The molecule has 0 radical (unpaired) electrons. The van der Waals surface area contributed by atoms with E-state index >= 15 is 0 Å². The van der Waals surface area contributed by atoms with Gasteiger partial charge < -0.3 is 29.4 Å². The molecule has 186 valence electrons. The lowest BCUT2D eigenvalue weighted by Gasteiger charge is -2.31. The number of hydrogen-bond acceptors (Lipinski definition) is 8. The van der Waals surface area contributed by atoms with E-state index in [2.05, 4.69) is 5.32 Å². The smallest absolute Gasteiger partial charge is 0.316 e. The molecule has 1 aliphatic carbocycles. The molecule has 0 saturated carbocycles. The van der Waals surface area contributed by atoms with Gasteiger partial charge in [0.1, 0.15) is 5.92 Å². The number of rotatable bonds is 3. The standard InChI is InChI=1S/C27H18ClNO8/c28-14-7-5-13(6-8-14)22-20(24(31)29-15-9-10-18-19(11-15)35-12-34-18)21-25(32)37-27(33)17-4-2-1-3-16(17)23(30)26(21,27)36-22/h1-11,20-22,33H,12H2,(H,29,31)/t20-,21-,22-,26?,27?/m1/s1. The first kappa shape index (κ1) is 22.3. The van der Waals surface area contributed by atoms with Crippen LogP contribution >= 0.6 is 11.6 Å². The van der Waals surface area contributed by atoms with E-state index in [-0.39, 0.29) is 17.9 Å². The van der Waals surface area contributed by atoms with Crippen LogP contribution in [0, 0.1) is 11.8 Å². The molecule has 3 aromatic rings. The molecule has 0 aromatic heterocycles. The Morgan fingerprint density at radius 1 is 1.00 bits per heavy atom. The second kappa shape index (κ2) is 7.55. The van der Waals surface area contributed by atoms with Gasteiger partial charge in [-0.05, 0) is 29.8 Å². The van der Waals surface area contributed by atoms with Gasteiger partial charge in [-0.3, -0.25) is 14.4 Å². The Hall–Kier alpha value is -3.92. The van der Waals surface area contributed by atoms with Crippen LogP contribution in [0.2, 0.25) is 5.02 Å². The van der Waals surface area contributed by atoms with Gasteiger partial charge in [0.15, 0.2) is 11.5 Å². The fourth-order valence-electron chi connectivity index (χ4n) is 5.86. The monoisotopic (exact) mass is 519 g/mol. The van der Waals surface area contributed by atoms with Crippen molar-refractivity contribution in [2.45, 2.75) is 17.5 Å². The number of carbonyl (C=O) groups excluding carboxylic acids is 3. The number of halogens is 1. The minimum Gasteiger partial charge on any atom is -0.454 e. The Kier molecular flexibility index (Phi) is 4.55. The Labute approximate surface area is 214 Å². The van der Waals surface area contributed by atoms with Crippen LogP contribution < -0.4 is 14.8 Å². The molecular weight excluding hydrogens is 502 g/mol. The molecule has 2 N–H and O–H groups in total. The van der Waals surface area contributed by atoms with Crippen LogP contribution in [0.4, 0.5) is 5.69 Å². The normalized spacial score (nSPS) is 30.5. The van der Waals surface area contributed by atoms with Crippen LogP contribution in [0.3, 0.4) is 0 Å². The summed E-state index contributed by atoms with van der Waals surface area (Å²) >= 11 is 6.07. The topological polar surface area (TPSA) is 120 Å². The highest BCUT2D eigenvalue weighted by Crippen LogP contribution is 2.65. The van der Waals surface area contributed by atoms with Crippen LogP contribution in [0.5, 0.6) is 11.5 Å². The van der Waals surface area contributed by atoms with Crippen molar-refractivity contribution < 1.29 is 38.4 Å². The van der Waals surface area contributed by atoms with Crippen molar-refractivity contribution in [1.82, 2.24) is 0 Å². The van der Waals surface area contributed by atoms with Crippen LogP contribution in [-0.4, -0.2) is 35.2 Å². The van der Waals surface area contributed by atoms with E-state index < -0.39 is 47.0 Å². The summed E-state index contributed by atoms with van der Waals surface area (Å²) in [7, 11) is 0. The van der Waals surface area contributed by atoms with E-state index in [0.29, 0.717) is 27.8 Å². The Morgan fingerprint density at radius 3 is 2.57 bits per heavy atom. The maximum absolute atomic E-state index is 13.8. The zero-order valence-corrected chi connectivity index (χ0v) is 19.7. The molecule has 3 aromatic carbocycles. The van der Waals surface area contributed by atoms with Gasteiger partial charge in [-0.25, -0.2) is 0 Å². The predicted octanol–water partition coefficient (Wildman–Crippen LogP) is 3.35. The van der Waals surface area contributed by atoms with Gasteiger partial charge in [0.05, 0.1) is 12.0 Å². The first-order valence-corrected chi connectivity index (χ1v) is 11.9. The third kappa shape index (κ3) is 2.84. The highest BCUT2D eigenvalue weighted by molar-refractivity contribution is 6.30. The number of ether oxygens (including phenoxy) is 4. The summed E-state index contributed by atoms with van der Waals surface area (Å²) in [6.07, 6.45) is -1.06. The lowest BCUT2D eigenvalue weighted by Crippen LogP contribution is -2.53. The van der Waals surface area contributed by atoms with Crippen molar-refractivity contribution in [2.24, 2.45) is 11.8 Å². The molecule has 2 saturated heterocycles. The highest BCUT2D eigenvalue weighted by Gasteiger charge is 2.83. The number of hydrogen-bond donors (Lipinski definition) is 2. The Bertz CT molecular complexity index is 1510. The molecule has 1 spiro atoms. The van der Waals surface area contributed by atoms with E-state index in [1.807, 2.05) is 0 Å². The van der Waals surface area contributed by atoms with Crippen molar-refractivity contribution in [1.29, 1.82) is 0 Å². The fourth-order valence-corrected chi connectivity index (χ4v) is 5.99. The van der Waals surface area contributed by atoms with Gasteiger partial charge in [-0.1, -0.05) is 48.0 Å². The minimum atomic E-state index is -2.37. The number of nitrogens with one attached hydrogen (secondary N) is 1. The summed E-state index contributed by atoms with van der Waals surface area (Å²) in [6.45, 7) is 0.0690. The molecule has 1 amide bonds. The molecule has 3 heterocycles. The van der Waals surface area contributed by atoms with Crippen molar-refractivity contribution in [3.8, 4) is 11.5 Å². The predicted molar refractivity (Wildman–Crippen MR) is 127 cm³/mol. The maximum atomic E-state index is 13.8. The summed E-state index contributed by atoms with van der Waals surface area (Å²) in [5.41, 5.74) is -0.919. The number of Topliss-reactive ketones (excluding diaryl/α,β-unsaturated/α-hetero) is 1. The Morgan fingerprint density at radius 2 is 1.76 bits per heavy atom. The molecule has 37 heavy (non-hydrogen) atoms. The van der Waals surface area contributed by atoms with E-state index in [1.54, 1.807) is 54.6 Å². The zero-order chi connectivity index (χ0) is 25.5. The van der Waals surface area contributed by atoms with E-state index in [0.717, 1.165) is 0 Å².